The zero-order valence-electron chi connectivity index (χ0n) is 11.5. The molecule has 1 atom stereocenters. The topological polar surface area (TPSA) is 12.0 Å². The van der Waals surface area contributed by atoms with E-state index in [2.05, 4.69) is 27.9 Å². The van der Waals surface area contributed by atoms with Gasteiger partial charge in [-0.15, -0.1) is 0 Å². The van der Waals surface area contributed by atoms with E-state index in [-0.39, 0.29) is 0 Å². The summed E-state index contributed by atoms with van der Waals surface area (Å²) in [6, 6.07) is 9.36. The second-order valence-corrected chi connectivity index (χ2v) is 6.27. The van der Waals surface area contributed by atoms with E-state index < -0.39 is 17.7 Å². The molecule has 2 aromatic rings. The molecular formula is C16H15ClF2IN. The first-order valence-electron chi connectivity index (χ1n) is 6.66. The van der Waals surface area contributed by atoms with E-state index in [0.717, 1.165) is 21.6 Å². The Morgan fingerprint density at radius 1 is 1.24 bits per heavy atom. The highest BCUT2D eigenvalue weighted by Crippen LogP contribution is 2.29. The fourth-order valence-electron chi connectivity index (χ4n) is 2.13. The largest absolute Gasteiger partial charge is 0.306 e. The maximum absolute atomic E-state index is 14.1. The minimum absolute atomic E-state index is 0.292. The monoisotopic (exact) mass is 421 g/mol. The van der Waals surface area contributed by atoms with Crippen LogP contribution in [-0.2, 0) is 0 Å². The smallest absolute Gasteiger partial charge is 0.163 e. The summed E-state index contributed by atoms with van der Waals surface area (Å²) in [5.74, 6) is -1.66. The summed E-state index contributed by atoms with van der Waals surface area (Å²) in [4.78, 5) is 0. The number of rotatable bonds is 5. The molecule has 0 amide bonds. The summed E-state index contributed by atoms with van der Waals surface area (Å²) < 4.78 is 28.5. The molecule has 0 bridgehead atoms. The lowest BCUT2D eigenvalue weighted by molar-refractivity contribution is 0.480. The van der Waals surface area contributed by atoms with Crippen molar-refractivity contribution < 1.29 is 8.78 Å². The SMILES string of the molecule is CCCNC(c1ccc(I)c(Cl)c1)c1cccc(F)c1F. The molecule has 21 heavy (non-hydrogen) atoms. The van der Waals surface area contributed by atoms with Crippen molar-refractivity contribution in [3.63, 3.8) is 0 Å². The van der Waals surface area contributed by atoms with E-state index in [1.54, 1.807) is 12.1 Å². The molecule has 112 valence electrons. The lowest BCUT2D eigenvalue weighted by Crippen LogP contribution is -2.24. The normalized spacial score (nSPS) is 12.4. The predicted molar refractivity (Wildman–Crippen MR) is 90.7 cm³/mol. The molecule has 0 aliphatic rings. The maximum Gasteiger partial charge on any atom is 0.163 e. The van der Waals surface area contributed by atoms with Crippen LogP contribution in [0.2, 0.25) is 5.02 Å². The van der Waals surface area contributed by atoms with Gasteiger partial charge in [-0.05, 0) is 59.3 Å². The van der Waals surface area contributed by atoms with Gasteiger partial charge in [-0.3, -0.25) is 0 Å². The summed E-state index contributed by atoms with van der Waals surface area (Å²) in [5, 5.41) is 3.85. The zero-order valence-corrected chi connectivity index (χ0v) is 14.4. The highest BCUT2D eigenvalue weighted by Gasteiger charge is 2.20. The van der Waals surface area contributed by atoms with Gasteiger partial charge in [0.2, 0.25) is 0 Å². The molecule has 0 aromatic heterocycles. The van der Waals surface area contributed by atoms with Crippen LogP contribution in [0.25, 0.3) is 0 Å². The fraction of sp³-hybridized carbons (Fsp3) is 0.250. The van der Waals surface area contributed by atoms with E-state index in [9.17, 15) is 8.78 Å². The quantitative estimate of drug-likeness (QED) is 0.645. The van der Waals surface area contributed by atoms with Gasteiger partial charge < -0.3 is 5.32 Å². The Hall–Kier alpha value is -0.720. The summed E-state index contributed by atoms with van der Waals surface area (Å²) in [7, 11) is 0. The van der Waals surface area contributed by atoms with Crippen LogP contribution in [0.4, 0.5) is 8.78 Å². The third-order valence-electron chi connectivity index (χ3n) is 3.17. The van der Waals surface area contributed by atoms with E-state index in [1.165, 1.54) is 6.07 Å². The Morgan fingerprint density at radius 2 is 2.00 bits per heavy atom. The third kappa shape index (κ3) is 3.93. The van der Waals surface area contributed by atoms with Crippen molar-refractivity contribution in [3.05, 3.63) is 67.8 Å². The van der Waals surface area contributed by atoms with Gasteiger partial charge in [0.25, 0.3) is 0 Å². The molecule has 0 fully saturated rings. The van der Waals surface area contributed by atoms with Crippen LogP contribution in [0.15, 0.2) is 36.4 Å². The Labute approximate surface area is 141 Å². The Kier molecular flexibility index (Phi) is 5.96. The van der Waals surface area contributed by atoms with Crippen molar-refractivity contribution in [1.29, 1.82) is 0 Å². The minimum atomic E-state index is -0.840. The first kappa shape index (κ1) is 16.6. The molecule has 0 aliphatic carbocycles. The van der Waals surface area contributed by atoms with Crippen molar-refractivity contribution in [2.75, 3.05) is 6.54 Å². The minimum Gasteiger partial charge on any atom is -0.306 e. The number of halogens is 4. The molecule has 1 unspecified atom stereocenters. The van der Waals surface area contributed by atoms with Crippen molar-refractivity contribution >= 4 is 34.2 Å². The number of nitrogens with one attached hydrogen (secondary N) is 1. The van der Waals surface area contributed by atoms with Crippen molar-refractivity contribution in [1.82, 2.24) is 5.32 Å². The van der Waals surface area contributed by atoms with E-state index >= 15 is 0 Å². The molecule has 0 saturated carbocycles. The first-order chi connectivity index (χ1) is 10.0. The molecule has 2 rings (SSSR count). The maximum atomic E-state index is 14.1. The number of hydrogen-bond acceptors (Lipinski definition) is 1. The Morgan fingerprint density at radius 3 is 2.67 bits per heavy atom. The highest BCUT2D eigenvalue weighted by molar-refractivity contribution is 14.1. The van der Waals surface area contributed by atoms with Gasteiger partial charge in [-0.2, -0.15) is 0 Å². The molecule has 2 aromatic carbocycles. The molecule has 0 spiro atoms. The van der Waals surface area contributed by atoms with Crippen LogP contribution in [-0.4, -0.2) is 6.54 Å². The van der Waals surface area contributed by atoms with Gasteiger partial charge in [-0.1, -0.05) is 36.7 Å². The Balaban J connectivity index is 2.47. The van der Waals surface area contributed by atoms with Gasteiger partial charge in [0.1, 0.15) is 0 Å². The first-order valence-corrected chi connectivity index (χ1v) is 8.12. The second kappa shape index (κ2) is 7.51. The van der Waals surface area contributed by atoms with Crippen LogP contribution < -0.4 is 5.32 Å². The van der Waals surface area contributed by atoms with Gasteiger partial charge in [0, 0.05) is 9.13 Å². The predicted octanol–water partition coefficient (Wildman–Crippen LogP) is 5.31. The van der Waals surface area contributed by atoms with Gasteiger partial charge in [-0.25, -0.2) is 8.78 Å². The zero-order chi connectivity index (χ0) is 15.4. The van der Waals surface area contributed by atoms with Crippen LogP contribution >= 0.6 is 34.2 Å². The Bertz CT molecular complexity index is 634. The van der Waals surface area contributed by atoms with Gasteiger partial charge in [0.15, 0.2) is 11.6 Å². The third-order valence-corrected chi connectivity index (χ3v) is 4.74. The van der Waals surface area contributed by atoms with Crippen LogP contribution in [0.1, 0.15) is 30.5 Å². The van der Waals surface area contributed by atoms with Crippen molar-refractivity contribution in [3.8, 4) is 0 Å². The summed E-state index contributed by atoms with van der Waals surface area (Å²) in [6.07, 6.45) is 0.894. The van der Waals surface area contributed by atoms with Gasteiger partial charge in [0.05, 0.1) is 11.1 Å². The van der Waals surface area contributed by atoms with Crippen LogP contribution in [0.3, 0.4) is 0 Å². The average molecular weight is 422 g/mol. The van der Waals surface area contributed by atoms with E-state index in [0.29, 0.717) is 17.1 Å². The fourth-order valence-corrected chi connectivity index (χ4v) is 2.66. The van der Waals surface area contributed by atoms with Crippen LogP contribution in [0.5, 0.6) is 0 Å². The van der Waals surface area contributed by atoms with E-state index in [1.807, 2.05) is 19.1 Å². The number of hydrogen-bond donors (Lipinski definition) is 1. The summed E-state index contributed by atoms with van der Waals surface area (Å²) in [6.45, 7) is 2.72. The number of benzene rings is 2. The van der Waals surface area contributed by atoms with Crippen molar-refractivity contribution in [2.24, 2.45) is 0 Å². The molecule has 1 nitrogen and oxygen atoms in total. The lowest BCUT2D eigenvalue weighted by atomic mass is 9.98. The molecular weight excluding hydrogens is 407 g/mol. The molecule has 5 heteroatoms. The summed E-state index contributed by atoms with van der Waals surface area (Å²) >= 11 is 8.28. The highest BCUT2D eigenvalue weighted by atomic mass is 127. The van der Waals surface area contributed by atoms with Crippen molar-refractivity contribution in [2.45, 2.75) is 19.4 Å². The average Bonchev–Trinajstić information content (AvgIpc) is 2.47. The standard InChI is InChI=1S/C16H15ClF2IN/c1-2-8-21-16(10-6-7-14(20)12(17)9-10)11-4-3-5-13(18)15(11)19/h3-7,9,16,21H,2,8H2,1H3. The molecule has 0 saturated heterocycles. The molecule has 1 N–H and O–H groups in total. The van der Waals surface area contributed by atoms with Gasteiger partial charge >= 0.3 is 0 Å². The molecule has 0 aliphatic heterocycles. The lowest BCUT2D eigenvalue weighted by Gasteiger charge is -2.21. The second-order valence-electron chi connectivity index (χ2n) is 4.70. The molecule has 0 radical (unpaired) electrons. The molecule has 0 heterocycles. The summed E-state index contributed by atoms with van der Waals surface area (Å²) in [5.41, 5.74) is 1.11. The van der Waals surface area contributed by atoms with E-state index in [4.69, 9.17) is 11.6 Å². The van der Waals surface area contributed by atoms with Crippen LogP contribution in [0, 0.1) is 15.2 Å².